The van der Waals surface area contributed by atoms with Crippen LogP contribution < -0.4 is 5.32 Å². The first-order valence-electron chi connectivity index (χ1n) is 7.21. The van der Waals surface area contributed by atoms with Crippen molar-refractivity contribution in [2.24, 2.45) is 16.7 Å². The zero-order chi connectivity index (χ0) is 13.6. The minimum atomic E-state index is 0.221. The van der Waals surface area contributed by atoms with E-state index in [1.165, 1.54) is 19.3 Å². The molecule has 0 aromatic heterocycles. The molecule has 3 atom stereocenters. The van der Waals surface area contributed by atoms with Gasteiger partial charge >= 0.3 is 0 Å². The van der Waals surface area contributed by atoms with Crippen LogP contribution in [0.5, 0.6) is 0 Å². The molecule has 1 amide bonds. The summed E-state index contributed by atoms with van der Waals surface area (Å²) >= 11 is 0. The number of carbonyl (C=O) groups excluding carboxylic acids is 1. The van der Waals surface area contributed by atoms with Crippen molar-refractivity contribution in [1.29, 1.82) is 0 Å². The molecule has 2 aliphatic rings. The molecular weight excluding hydrogens is 224 g/mol. The number of nitrogens with zero attached hydrogens (tertiary/aromatic N) is 1. The number of nitrogens with one attached hydrogen (secondary N) is 1. The van der Waals surface area contributed by atoms with Crippen molar-refractivity contribution in [2.45, 2.75) is 52.5 Å². The van der Waals surface area contributed by atoms with Crippen molar-refractivity contribution in [3.05, 3.63) is 0 Å². The third kappa shape index (κ3) is 2.07. The van der Waals surface area contributed by atoms with Gasteiger partial charge in [0.2, 0.25) is 5.91 Å². The minimum Gasteiger partial charge on any atom is -0.353 e. The summed E-state index contributed by atoms with van der Waals surface area (Å²) in [7, 11) is 4.02. The van der Waals surface area contributed by atoms with Crippen LogP contribution in [0.2, 0.25) is 0 Å². The van der Waals surface area contributed by atoms with Gasteiger partial charge in [0, 0.05) is 19.0 Å². The maximum absolute atomic E-state index is 12.0. The first-order valence-corrected chi connectivity index (χ1v) is 7.21. The largest absolute Gasteiger partial charge is 0.353 e. The van der Waals surface area contributed by atoms with Crippen molar-refractivity contribution in [2.75, 3.05) is 20.6 Å². The lowest BCUT2D eigenvalue weighted by Crippen LogP contribution is -2.47. The molecular formula is C15H28N2O. The lowest BCUT2D eigenvalue weighted by Gasteiger charge is -2.39. The molecule has 0 spiro atoms. The number of rotatable bonds is 4. The Bertz CT molecular complexity index is 337. The molecule has 0 aromatic rings. The van der Waals surface area contributed by atoms with E-state index in [-0.39, 0.29) is 5.91 Å². The number of amides is 1. The van der Waals surface area contributed by atoms with Gasteiger partial charge in [-0.2, -0.15) is 0 Å². The van der Waals surface area contributed by atoms with Crippen LogP contribution in [0.4, 0.5) is 0 Å². The highest BCUT2D eigenvalue weighted by Crippen LogP contribution is 2.65. The Morgan fingerprint density at radius 2 is 2.00 bits per heavy atom. The molecule has 3 heteroatoms. The summed E-state index contributed by atoms with van der Waals surface area (Å²) in [6.07, 6.45) is 4.40. The van der Waals surface area contributed by atoms with Gasteiger partial charge in [0.1, 0.15) is 0 Å². The highest BCUT2D eigenvalue weighted by Gasteiger charge is 2.61. The Hall–Kier alpha value is -0.570. The summed E-state index contributed by atoms with van der Waals surface area (Å²) in [5, 5.41) is 3.30. The van der Waals surface area contributed by atoms with Crippen LogP contribution >= 0.6 is 0 Å². The Morgan fingerprint density at radius 3 is 2.44 bits per heavy atom. The van der Waals surface area contributed by atoms with Crippen molar-refractivity contribution < 1.29 is 4.79 Å². The summed E-state index contributed by atoms with van der Waals surface area (Å²) in [5.74, 6) is 1.01. The van der Waals surface area contributed by atoms with Gasteiger partial charge < -0.3 is 10.2 Å². The molecule has 2 fully saturated rings. The predicted octanol–water partition coefficient (Wildman–Crippen LogP) is 2.27. The maximum Gasteiger partial charge on any atom is 0.221 e. The summed E-state index contributed by atoms with van der Waals surface area (Å²) in [4.78, 5) is 14.1. The molecule has 3 nitrogen and oxygen atoms in total. The first kappa shape index (κ1) is 13.9. The first-order chi connectivity index (χ1) is 8.27. The predicted molar refractivity (Wildman–Crippen MR) is 74.3 cm³/mol. The molecule has 18 heavy (non-hydrogen) atoms. The number of hydrogen-bond acceptors (Lipinski definition) is 2. The zero-order valence-corrected chi connectivity index (χ0v) is 12.5. The Balaban J connectivity index is 1.94. The molecule has 2 rings (SSSR count). The quantitative estimate of drug-likeness (QED) is 0.832. The van der Waals surface area contributed by atoms with Gasteiger partial charge in [-0.15, -0.1) is 0 Å². The number of fused-ring (bicyclic) bond motifs is 2. The second-order valence-electron chi connectivity index (χ2n) is 7.28. The minimum absolute atomic E-state index is 0.221. The standard InChI is InChI=1S/C15H28N2O/c1-14(2)11-6-8-15(14,3)12(10-11)16-13(18)7-9-17(4)5/h11-12H,6-10H2,1-5H3,(H,16,18)/t11-,12-,15-/m0/s1. The fourth-order valence-electron chi connectivity index (χ4n) is 4.01. The lowest BCUT2D eigenvalue weighted by molar-refractivity contribution is -0.123. The fraction of sp³-hybridized carbons (Fsp3) is 0.933. The van der Waals surface area contributed by atoms with E-state index in [0.29, 0.717) is 23.3 Å². The van der Waals surface area contributed by atoms with Crippen molar-refractivity contribution in [3.8, 4) is 0 Å². The van der Waals surface area contributed by atoms with E-state index in [4.69, 9.17) is 0 Å². The maximum atomic E-state index is 12.0. The van der Waals surface area contributed by atoms with Gasteiger partial charge in [0.15, 0.2) is 0 Å². The molecule has 0 heterocycles. The van der Waals surface area contributed by atoms with Gasteiger partial charge in [-0.1, -0.05) is 20.8 Å². The highest BCUT2D eigenvalue weighted by atomic mass is 16.1. The van der Waals surface area contributed by atoms with E-state index in [1.807, 2.05) is 14.1 Å². The molecule has 2 saturated carbocycles. The average Bonchev–Trinajstić information content (AvgIpc) is 2.59. The van der Waals surface area contributed by atoms with Crippen LogP contribution in [0.15, 0.2) is 0 Å². The zero-order valence-electron chi connectivity index (χ0n) is 12.5. The molecule has 1 N–H and O–H groups in total. The Morgan fingerprint density at radius 1 is 1.33 bits per heavy atom. The molecule has 2 bridgehead atoms. The molecule has 0 aliphatic heterocycles. The van der Waals surface area contributed by atoms with E-state index in [0.717, 1.165) is 12.5 Å². The van der Waals surface area contributed by atoms with Gasteiger partial charge in [0.05, 0.1) is 0 Å². The molecule has 0 saturated heterocycles. The van der Waals surface area contributed by atoms with Crippen LogP contribution in [0.25, 0.3) is 0 Å². The fourth-order valence-corrected chi connectivity index (χ4v) is 4.01. The van der Waals surface area contributed by atoms with E-state index in [1.54, 1.807) is 0 Å². The van der Waals surface area contributed by atoms with Crippen molar-refractivity contribution >= 4 is 5.91 Å². The SMILES string of the molecule is CN(C)CCC(=O)N[C@H]1C[C@@H]2CC[C@]1(C)C2(C)C. The third-order valence-electron chi connectivity index (χ3n) is 5.92. The molecule has 2 aliphatic carbocycles. The second-order valence-corrected chi connectivity index (χ2v) is 7.28. The van der Waals surface area contributed by atoms with Crippen molar-refractivity contribution in [1.82, 2.24) is 10.2 Å². The Labute approximate surface area is 111 Å². The molecule has 104 valence electrons. The van der Waals surface area contributed by atoms with Gasteiger partial charge in [0.25, 0.3) is 0 Å². The van der Waals surface area contributed by atoms with Crippen LogP contribution in [0, 0.1) is 16.7 Å². The van der Waals surface area contributed by atoms with E-state index < -0.39 is 0 Å². The topological polar surface area (TPSA) is 32.3 Å². The lowest BCUT2D eigenvalue weighted by atomic mass is 9.69. The monoisotopic (exact) mass is 252 g/mol. The molecule has 0 unspecified atom stereocenters. The summed E-state index contributed by atoms with van der Waals surface area (Å²) in [6.45, 7) is 7.98. The number of carbonyl (C=O) groups is 1. The van der Waals surface area contributed by atoms with Crippen LogP contribution in [-0.4, -0.2) is 37.5 Å². The van der Waals surface area contributed by atoms with Gasteiger partial charge in [-0.25, -0.2) is 0 Å². The van der Waals surface area contributed by atoms with Crippen molar-refractivity contribution in [3.63, 3.8) is 0 Å². The normalized spacial score (nSPS) is 37.2. The molecule has 0 radical (unpaired) electrons. The van der Waals surface area contributed by atoms with Gasteiger partial charge in [-0.05, 0) is 50.1 Å². The average molecular weight is 252 g/mol. The second kappa shape index (κ2) is 4.52. The van der Waals surface area contributed by atoms with Crippen LogP contribution in [0.3, 0.4) is 0 Å². The number of hydrogen-bond donors (Lipinski definition) is 1. The van der Waals surface area contributed by atoms with Crippen LogP contribution in [0.1, 0.15) is 46.5 Å². The summed E-state index contributed by atoms with van der Waals surface area (Å²) in [6, 6.07) is 0.390. The Kier molecular flexibility index (Phi) is 3.48. The third-order valence-corrected chi connectivity index (χ3v) is 5.92. The van der Waals surface area contributed by atoms with E-state index in [2.05, 4.69) is 31.0 Å². The van der Waals surface area contributed by atoms with Crippen LogP contribution in [-0.2, 0) is 4.79 Å². The van der Waals surface area contributed by atoms with Gasteiger partial charge in [-0.3, -0.25) is 4.79 Å². The highest BCUT2D eigenvalue weighted by molar-refractivity contribution is 5.76. The smallest absolute Gasteiger partial charge is 0.221 e. The summed E-state index contributed by atoms with van der Waals surface area (Å²) in [5.41, 5.74) is 0.679. The summed E-state index contributed by atoms with van der Waals surface area (Å²) < 4.78 is 0. The van der Waals surface area contributed by atoms with E-state index in [9.17, 15) is 4.79 Å². The molecule has 0 aromatic carbocycles. The van der Waals surface area contributed by atoms with E-state index >= 15 is 0 Å².